The summed E-state index contributed by atoms with van der Waals surface area (Å²) in [5.74, 6) is -0.304. The zero-order valence-corrected chi connectivity index (χ0v) is 12.9. The summed E-state index contributed by atoms with van der Waals surface area (Å²) < 4.78 is 27.7. The van der Waals surface area contributed by atoms with Gasteiger partial charge in [0.05, 0.1) is 12.7 Å². The van der Waals surface area contributed by atoms with Gasteiger partial charge in [-0.3, -0.25) is 4.79 Å². The zero-order valence-electron chi connectivity index (χ0n) is 12.0. The van der Waals surface area contributed by atoms with Crippen molar-refractivity contribution in [3.8, 4) is 0 Å². The minimum Gasteiger partial charge on any atom is -0.373 e. The van der Waals surface area contributed by atoms with Crippen LogP contribution < -0.4 is 0 Å². The predicted molar refractivity (Wildman–Crippen MR) is 77.4 cm³/mol. The Labute approximate surface area is 120 Å². The van der Waals surface area contributed by atoms with Crippen molar-refractivity contribution in [3.05, 3.63) is 35.4 Å². The number of benzene rings is 1. The van der Waals surface area contributed by atoms with Crippen LogP contribution >= 0.6 is 0 Å². The Balaban J connectivity index is 2.22. The molecule has 0 spiro atoms. The summed E-state index contributed by atoms with van der Waals surface area (Å²) in [5, 5.41) is 0. The second-order valence-electron chi connectivity index (χ2n) is 5.72. The predicted octanol–water partition coefficient (Wildman–Crippen LogP) is 2.08. The molecule has 1 atom stereocenters. The molecule has 2 rings (SSSR count). The maximum atomic E-state index is 12.3. The highest BCUT2D eigenvalue weighted by Crippen LogP contribution is 2.32. The van der Waals surface area contributed by atoms with Gasteiger partial charge in [0, 0.05) is 12.7 Å². The Bertz CT molecular complexity index is 617. The molecule has 0 bridgehead atoms. The van der Waals surface area contributed by atoms with Crippen molar-refractivity contribution in [1.82, 2.24) is 0 Å². The SMILES string of the molecule is CC(C)(C(=O)CC1OCCc2ccccc21)S(C)(=O)=O. The van der Waals surface area contributed by atoms with E-state index >= 15 is 0 Å². The second kappa shape index (κ2) is 5.30. The van der Waals surface area contributed by atoms with E-state index in [1.165, 1.54) is 19.4 Å². The van der Waals surface area contributed by atoms with Crippen LogP contribution in [0.3, 0.4) is 0 Å². The van der Waals surface area contributed by atoms with Crippen LogP contribution in [0.5, 0.6) is 0 Å². The van der Waals surface area contributed by atoms with E-state index in [0.29, 0.717) is 6.61 Å². The van der Waals surface area contributed by atoms with Crippen molar-refractivity contribution in [2.75, 3.05) is 12.9 Å². The summed E-state index contributed by atoms with van der Waals surface area (Å²) in [7, 11) is -3.43. The van der Waals surface area contributed by atoms with Gasteiger partial charge in [0.2, 0.25) is 0 Å². The molecule has 0 fully saturated rings. The van der Waals surface area contributed by atoms with E-state index in [1.807, 2.05) is 24.3 Å². The third-order valence-electron chi connectivity index (χ3n) is 4.06. The smallest absolute Gasteiger partial charge is 0.159 e. The first kappa shape index (κ1) is 15.2. The molecule has 0 N–H and O–H groups in total. The number of ketones is 1. The number of sulfone groups is 1. The highest BCUT2D eigenvalue weighted by Gasteiger charge is 2.39. The van der Waals surface area contributed by atoms with Crippen molar-refractivity contribution in [2.24, 2.45) is 0 Å². The molecule has 1 aromatic carbocycles. The number of hydrogen-bond donors (Lipinski definition) is 0. The van der Waals surface area contributed by atoms with Crippen molar-refractivity contribution >= 4 is 15.6 Å². The standard InChI is InChI=1S/C15H20O4S/c1-15(2,20(3,17)18)14(16)10-13-12-7-5-4-6-11(12)8-9-19-13/h4-7,13H,8-10H2,1-3H3. The van der Waals surface area contributed by atoms with Crippen LogP contribution in [0, 0.1) is 0 Å². The van der Waals surface area contributed by atoms with Crippen LogP contribution in [0.1, 0.15) is 37.5 Å². The third kappa shape index (κ3) is 2.79. The summed E-state index contributed by atoms with van der Waals surface area (Å²) in [4.78, 5) is 12.3. The lowest BCUT2D eigenvalue weighted by Gasteiger charge is -2.28. The molecule has 20 heavy (non-hydrogen) atoms. The number of fused-ring (bicyclic) bond motifs is 1. The first-order chi connectivity index (χ1) is 9.23. The molecular weight excluding hydrogens is 276 g/mol. The minimum absolute atomic E-state index is 0.0943. The lowest BCUT2D eigenvalue weighted by molar-refractivity contribution is -0.124. The average Bonchev–Trinajstić information content (AvgIpc) is 2.37. The van der Waals surface area contributed by atoms with E-state index < -0.39 is 14.6 Å². The molecule has 5 heteroatoms. The van der Waals surface area contributed by atoms with Crippen molar-refractivity contribution in [3.63, 3.8) is 0 Å². The Kier molecular flexibility index (Phi) is 4.02. The van der Waals surface area contributed by atoms with Gasteiger partial charge in [-0.25, -0.2) is 8.42 Å². The number of carbonyl (C=O) groups is 1. The Hall–Kier alpha value is -1.20. The fourth-order valence-corrected chi connectivity index (χ4v) is 2.76. The summed E-state index contributed by atoms with van der Waals surface area (Å²) in [6.45, 7) is 3.48. The summed E-state index contributed by atoms with van der Waals surface area (Å²) in [6.07, 6.45) is 1.68. The van der Waals surface area contributed by atoms with Crippen molar-refractivity contribution in [2.45, 2.75) is 37.5 Å². The molecule has 1 aliphatic heterocycles. The summed E-state index contributed by atoms with van der Waals surface area (Å²) >= 11 is 0. The number of rotatable bonds is 4. The van der Waals surface area contributed by atoms with E-state index in [2.05, 4.69) is 0 Å². The maximum Gasteiger partial charge on any atom is 0.159 e. The first-order valence-electron chi connectivity index (χ1n) is 6.66. The lowest BCUT2D eigenvalue weighted by atomic mass is 9.92. The van der Waals surface area contributed by atoms with Crippen LogP contribution in [-0.2, 0) is 25.8 Å². The Morgan fingerprint density at radius 2 is 2.00 bits per heavy atom. The number of ether oxygens (including phenoxy) is 1. The molecule has 0 saturated carbocycles. The van der Waals surface area contributed by atoms with Crippen LogP contribution in [0.4, 0.5) is 0 Å². The van der Waals surface area contributed by atoms with Crippen LogP contribution in [0.2, 0.25) is 0 Å². The highest BCUT2D eigenvalue weighted by atomic mass is 32.2. The molecule has 0 aromatic heterocycles. The monoisotopic (exact) mass is 296 g/mol. The molecule has 0 amide bonds. The van der Waals surface area contributed by atoms with Gasteiger partial charge in [-0.2, -0.15) is 0 Å². The number of Topliss-reactive ketones (excluding diaryl/α,β-unsaturated/α-hetero) is 1. The van der Waals surface area contributed by atoms with Gasteiger partial charge in [-0.1, -0.05) is 24.3 Å². The van der Waals surface area contributed by atoms with E-state index in [0.717, 1.165) is 18.2 Å². The number of carbonyl (C=O) groups excluding carboxylic acids is 1. The largest absolute Gasteiger partial charge is 0.373 e. The zero-order chi connectivity index (χ0) is 15.0. The van der Waals surface area contributed by atoms with Gasteiger partial charge < -0.3 is 4.74 Å². The van der Waals surface area contributed by atoms with Crippen molar-refractivity contribution in [1.29, 1.82) is 0 Å². The fourth-order valence-electron chi connectivity index (χ4n) is 2.27. The normalized spacial score (nSPS) is 19.4. The van der Waals surface area contributed by atoms with Gasteiger partial charge >= 0.3 is 0 Å². The fraction of sp³-hybridized carbons (Fsp3) is 0.533. The minimum atomic E-state index is -3.43. The van der Waals surface area contributed by atoms with Crippen LogP contribution in [0.25, 0.3) is 0 Å². The topological polar surface area (TPSA) is 60.4 Å². The molecule has 1 aromatic rings. The summed E-state index contributed by atoms with van der Waals surface area (Å²) in [5.41, 5.74) is 2.17. The quantitative estimate of drug-likeness (QED) is 0.853. The van der Waals surface area contributed by atoms with Crippen LogP contribution in [-0.4, -0.2) is 31.8 Å². The van der Waals surface area contributed by atoms with Crippen molar-refractivity contribution < 1.29 is 17.9 Å². The molecule has 1 unspecified atom stereocenters. The van der Waals surface area contributed by atoms with Gasteiger partial charge in [0.25, 0.3) is 0 Å². The van der Waals surface area contributed by atoms with E-state index in [4.69, 9.17) is 4.74 Å². The molecule has 4 nitrogen and oxygen atoms in total. The molecule has 0 radical (unpaired) electrons. The molecule has 1 heterocycles. The second-order valence-corrected chi connectivity index (χ2v) is 8.28. The maximum absolute atomic E-state index is 12.3. The van der Waals surface area contributed by atoms with E-state index in [-0.39, 0.29) is 18.3 Å². The third-order valence-corrected chi connectivity index (χ3v) is 6.14. The molecule has 0 saturated heterocycles. The van der Waals surface area contributed by atoms with Gasteiger partial charge in [-0.05, 0) is 31.4 Å². The molecule has 110 valence electrons. The van der Waals surface area contributed by atoms with E-state index in [1.54, 1.807) is 0 Å². The number of hydrogen-bond acceptors (Lipinski definition) is 4. The summed E-state index contributed by atoms with van der Waals surface area (Å²) in [6, 6.07) is 7.84. The average molecular weight is 296 g/mol. The van der Waals surface area contributed by atoms with Gasteiger partial charge in [-0.15, -0.1) is 0 Å². The Morgan fingerprint density at radius 1 is 1.35 bits per heavy atom. The van der Waals surface area contributed by atoms with Gasteiger partial charge in [0.15, 0.2) is 15.6 Å². The first-order valence-corrected chi connectivity index (χ1v) is 8.55. The molecule has 1 aliphatic rings. The highest BCUT2D eigenvalue weighted by molar-refractivity contribution is 7.92. The van der Waals surface area contributed by atoms with E-state index in [9.17, 15) is 13.2 Å². The van der Waals surface area contributed by atoms with Gasteiger partial charge in [0.1, 0.15) is 4.75 Å². The lowest BCUT2D eigenvalue weighted by Crippen LogP contribution is -2.41. The Morgan fingerprint density at radius 3 is 2.65 bits per heavy atom. The molecule has 0 aliphatic carbocycles. The van der Waals surface area contributed by atoms with Crippen LogP contribution in [0.15, 0.2) is 24.3 Å². The molecular formula is C15H20O4S.